The Morgan fingerprint density at radius 1 is 1.56 bits per heavy atom. The Kier molecular flexibility index (Phi) is 5.28. The first kappa shape index (κ1) is 14.6. The molecule has 1 atom stereocenters. The van der Waals surface area contributed by atoms with Crippen molar-refractivity contribution in [2.45, 2.75) is 25.8 Å². The number of nitrogens with zero attached hydrogens (tertiary/aromatic N) is 1. The zero-order chi connectivity index (χ0) is 13.7. The number of halogens is 1. The molecule has 18 heavy (non-hydrogen) atoms. The Morgan fingerprint density at radius 3 is 2.78 bits per heavy atom. The first-order valence-corrected chi connectivity index (χ1v) is 6.23. The van der Waals surface area contributed by atoms with E-state index in [1.54, 1.807) is 37.1 Å². The molecule has 0 aromatic heterocycles. The lowest BCUT2D eigenvalue weighted by atomic mass is 10.2. The fourth-order valence-electron chi connectivity index (χ4n) is 1.58. The average molecular weight is 272 g/mol. The van der Waals surface area contributed by atoms with Crippen LogP contribution in [0.2, 0.25) is 0 Å². The molecular formula is C13H18ClNO3. The van der Waals surface area contributed by atoms with Crippen molar-refractivity contribution in [1.29, 1.82) is 0 Å². The van der Waals surface area contributed by atoms with E-state index in [9.17, 15) is 9.90 Å². The maximum atomic E-state index is 11.6. The highest BCUT2D eigenvalue weighted by Crippen LogP contribution is 2.27. The van der Waals surface area contributed by atoms with Crippen molar-refractivity contribution < 1.29 is 14.6 Å². The van der Waals surface area contributed by atoms with Crippen LogP contribution >= 0.6 is 11.6 Å². The minimum absolute atomic E-state index is 0.0975. The molecule has 1 aromatic rings. The molecule has 0 saturated carbocycles. The number of hydrogen-bond donors (Lipinski definition) is 1. The summed E-state index contributed by atoms with van der Waals surface area (Å²) < 4.78 is 5.29. The maximum Gasteiger partial charge on any atom is 0.240 e. The molecule has 0 fully saturated rings. The molecule has 1 rings (SSSR count). The third-order valence-corrected chi connectivity index (χ3v) is 2.65. The molecule has 5 heteroatoms. The quantitative estimate of drug-likeness (QED) is 0.837. The molecule has 4 nitrogen and oxygen atoms in total. The number of alkyl halides is 1. The van der Waals surface area contributed by atoms with Crippen LogP contribution in [0.1, 0.15) is 19.4 Å². The molecule has 0 saturated heterocycles. The van der Waals surface area contributed by atoms with E-state index >= 15 is 0 Å². The van der Waals surface area contributed by atoms with Crippen molar-refractivity contribution in [1.82, 2.24) is 4.90 Å². The van der Waals surface area contributed by atoms with Gasteiger partial charge in [0.1, 0.15) is 5.38 Å². The summed E-state index contributed by atoms with van der Waals surface area (Å²) in [6.45, 7) is 4.39. The summed E-state index contributed by atoms with van der Waals surface area (Å²) >= 11 is 5.74. The van der Waals surface area contributed by atoms with Crippen molar-refractivity contribution in [2.75, 3.05) is 13.7 Å². The zero-order valence-corrected chi connectivity index (χ0v) is 11.6. The van der Waals surface area contributed by atoms with Crippen LogP contribution in [0, 0.1) is 0 Å². The van der Waals surface area contributed by atoms with Gasteiger partial charge in [0, 0.05) is 13.6 Å². The molecule has 1 unspecified atom stereocenters. The van der Waals surface area contributed by atoms with Crippen LogP contribution in [0.25, 0.3) is 0 Å². The van der Waals surface area contributed by atoms with Crippen LogP contribution in [-0.2, 0) is 11.3 Å². The molecule has 1 aromatic carbocycles. The molecule has 0 bridgehead atoms. The third-order valence-electron chi connectivity index (χ3n) is 2.46. The van der Waals surface area contributed by atoms with E-state index in [4.69, 9.17) is 16.3 Å². The summed E-state index contributed by atoms with van der Waals surface area (Å²) in [6, 6.07) is 5.03. The Hall–Kier alpha value is -1.42. The minimum atomic E-state index is -0.543. The predicted molar refractivity (Wildman–Crippen MR) is 71.1 cm³/mol. The van der Waals surface area contributed by atoms with Crippen LogP contribution < -0.4 is 4.74 Å². The van der Waals surface area contributed by atoms with E-state index in [1.807, 2.05) is 6.92 Å². The fraction of sp³-hybridized carbons (Fsp3) is 0.462. The van der Waals surface area contributed by atoms with E-state index < -0.39 is 5.38 Å². The van der Waals surface area contributed by atoms with Gasteiger partial charge in [-0.1, -0.05) is 6.07 Å². The standard InChI is InChI=1S/C13H18ClNO3/c1-4-18-12-7-10(5-6-11(12)16)8-15(3)13(17)9(2)14/h5-7,9,16H,4,8H2,1-3H3. The third kappa shape index (κ3) is 3.81. The maximum absolute atomic E-state index is 11.6. The van der Waals surface area contributed by atoms with Gasteiger partial charge in [-0.2, -0.15) is 0 Å². The Labute approximate surface area is 112 Å². The molecule has 0 heterocycles. The Bertz CT molecular complexity index is 421. The first-order valence-electron chi connectivity index (χ1n) is 5.79. The van der Waals surface area contributed by atoms with Gasteiger partial charge >= 0.3 is 0 Å². The van der Waals surface area contributed by atoms with Crippen LogP contribution in [-0.4, -0.2) is 34.9 Å². The molecule has 0 aliphatic rings. The number of hydrogen-bond acceptors (Lipinski definition) is 3. The number of ether oxygens (including phenoxy) is 1. The van der Waals surface area contributed by atoms with Gasteiger partial charge in [-0.25, -0.2) is 0 Å². The minimum Gasteiger partial charge on any atom is -0.504 e. The van der Waals surface area contributed by atoms with Gasteiger partial charge in [0.05, 0.1) is 6.61 Å². The predicted octanol–water partition coefficient (Wildman–Crippen LogP) is 2.38. The van der Waals surface area contributed by atoms with Gasteiger partial charge < -0.3 is 14.7 Å². The monoisotopic (exact) mass is 271 g/mol. The van der Waals surface area contributed by atoms with E-state index in [0.717, 1.165) is 5.56 Å². The lowest BCUT2D eigenvalue weighted by molar-refractivity contribution is -0.129. The number of phenols is 1. The van der Waals surface area contributed by atoms with Crippen LogP contribution in [0.15, 0.2) is 18.2 Å². The number of rotatable bonds is 5. The van der Waals surface area contributed by atoms with E-state index in [0.29, 0.717) is 18.9 Å². The van der Waals surface area contributed by atoms with E-state index in [2.05, 4.69) is 0 Å². The fourth-order valence-corrected chi connectivity index (χ4v) is 1.75. The van der Waals surface area contributed by atoms with Crippen molar-refractivity contribution in [3.05, 3.63) is 23.8 Å². The van der Waals surface area contributed by atoms with Crippen LogP contribution in [0.5, 0.6) is 11.5 Å². The van der Waals surface area contributed by atoms with Crippen LogP contribution in [0.4, 0.5) is 0 Å². The largest absolute Gasteiger partial charge is 0.504 e. The van der Waals surface area contributed by atoms with Gasteiger partial charge in [0.2, 0.25) is 5.91 Å². The van der Waals surface area contributed by atoms with Crippen molar-refractivity contribution in [2.24, 2.45) is 0 Å². The van der Waals surface area contributed by atoms with Crippen molar-refractivity contribution in [3.8, 4) is 11.5 Å². The number of carbonyl (C=O) groups is 1. The lowest BCUT2D eigenvalue weighted by Gasteiger charge is -2.19. The molecule has 0 radical (unpaired) electrons. The number of benzene rings is 1. The summed E-state index contributed by atoms with van der Waals surface area (Å²) in [5.74, 6) is 0.387. The topological polar surface area (TPSA) is 49.8 Å². The van der Waals surface area contributed by atoms with Gasteiger partial charge in [-0.15, -0.1) is 11.6 Å². The second kappa shape index (κ2) is 6.50. The highest BCUT2D eigenvalue weighted by Gasteiger charge is 2.15. The van der Waals surface area contributed by atoms with Crippen LogP contribution in [0.3, 0.4) is 0 Å². The summed E-state index contributed by atoms with van der Waals surface area (Å²) in [6.07, 6.45) is 0. The highest BCUT2D eigenvalue weighted by molar-refractivity contribution is 6.30. The molecule has 0 aliphatic carbocycles. The van der Waals surface area contributed by atoms with Gasteiger partial charge in [0.25, 0.3) is 0 Å². The van der Waals surface area contributed by atoms with E-state index in [-0.39, 0.29) is 11.7 Å². The summed E-state index contributed by atoms with van der Waals surface area (Å²) in [5, 5.41) is 9.03. The van der Waals surface area contributed by atoms with Gasteiger partial charge in [0.15, 0.2) is 11.5 Å². The second-order valence-corrected chi connectivity index (χ2v) is 4.70. The summed E-state index contributed by atoms with van der Waals surface area (Å²) in [7, 11) is 1.69. The first-order chi connectivity index (χ1) is 8.45. The Morgan fingerprint density at radius 2 is 2.22 bits per heavy atom. The smallest absolute Gasteiger partial charge is 0.240 e. The molecule has 100 valence electrons. The van der Waals surface area contributed by atoms with Gasteiger partial charge in [-0.3, -0.25) is 4.79 Å². The number of amides is 1. The number of phenolic OH excluding ortho intramolecular Hbond substituents is 1. The summed E-state index contributed by atoms with van der Waals surface area (Å²) in [5.41, 5.74) is 0.879. The normalized spacial score (nSPS) is 12.0. The second-order valence-electron chi connectivity index (χ2n) is 4.05. The molecule has 0 spiro atoms. The highest BCUT2D eigenvalue weighted by atomic mass is 35.5. The molecular weight excluding hydrogens is 254 g/mol. The summed E-state index contributed by atoms with van der Waals surface area (Å²) in [4.78, 5) is 13.2. The molecule has 0 aliphatic heterocycles. The molecule has 1 amide bonds. The van der Waals surface area contributed by atoms with Crippen molar-refractivity contribution in [3.63, 3.8) is 0 Å². The van der Waals surface area contributed by atoms with E-state index in [1.165, 1.54) is 0 Å². The zero-order valence-electron chi connectivity index (χ0n) is 10.8. The lowest BCUT2D eigenvalue weighted by Crippen LogP contribution is -2.31. The van der Waals surface area contributed by atoms with Crippen molar-refractivity contribution >= 4 is 17.5 Å². The Balaban J connectivity index is 2.79. The molecule has 1 N–H and O–H groups in total. The number of carbonyl (C=O) groups excluding carboxylic acids is 1. The SMILES string of the molecule is CCOc1cc(CN(C)C(=O)C(C)Cl)ccc1O. The number of aromatic hydroxyl groups is 1. The van der Waals surface area contributed by atoms with Gasteiger partial charge in [-0.05, 0) is 31.5 Å². The average Bonchev–Trinajstić information content (AvgIpc) is 2.32.